The summed E-state index contributed by atoms with van der Waals surface area (Å²) >= 11 is 3.50. The van der Waals surface area contributed by atoms with E-state index in [2.05, 4.69) is 20.8 Å². The van der Waals surface area contributed by atoms with Gasteiger partial charge in [-0.05, 0) is 25.5 Å². The molecule has 1 saturated heterocycles. The van der Waals surface area contributed by atoms with Crippen LogP contribution in [0.1, 0.15) is 24.8 Å². The second kappa shape index (κ2) is 5.91. The number of hydrogen-bond acceptors (Lipinski definition) is 1. The van der Waals surface area contributed by atoms with Gasteiger partial charge < -0.3 is 0 Å². The predicted molar refractivity (Wildman–Crippen MR) is 68.2 cm³/mol. The molecule has 1 aromatic carbocycles. The molecule has 0 spiro atoms. The lowest BCUT2D eigenvalue weighted by atomic mass is 10.0. The van der Waals surface area contributed by atoms with Gasteiger partial charge in [0.2, 0.25) is 0 Å². The highest BCUT2D eigenvalue weighted by Crippen LogP contribution is 2.22. The fraction of sp³-hybridized carbons (Fsp3) is 0.538. The predicted octanol–water partition coefficient (Wildman–Crippen LogP) is 3.71. The van der Waals surface area contributed by atoms with Crippen LogP contribution < -0.4 is 0 Å². The summed E-state index contributed by atoms with van der Waals surface area (Å²) in [5.41, 5.74) is 0.583. The van der Waals surface area contributed by atoms with Gasteiger partial charge in [0.1, 0.15) is 11.6 Å². The normalized spacial score (nSPS) is 21.7. The molecule has 1 fully saturated rings. The van der Waals surface area contributed by atoms with Crippen LogP contribution in [0.15, 0.2) is 18.2 Å². The first kappa shape index (κ1) is 13.0. The Morgan fingerprint density at radius 1 is 1.29 bits per heavy atom. The average molecular weight is 304 g/mol. The third kappa shape index (κ3) is 3.26. The van der Waals surface area contributed by atoms with Crippen molar-refractivity contribution in [1.82, 2.24) is 4.90 Å². The van der Waals surface area contributed by atoms with Gasteiger partial charge in [0.25, 0.3) is 0 Å². The Kier molecular flexibility index (Phi) is 4.51. The topological polar surface area (TPSA) is 3.24 Å². The van der Waals surface area contributed by atoms with E-state index in [0.29, 0.717) is 18.2 Å². The van der Waals surface area contributed by atoms with Gasteiger partial charge in [0.15, 0.2) is 0 Å². The van der Waals surface area contributed by atoms with Crippen LogP contribution in [-0.4, -0.2) is 22.8 Å². The van der Waals surface area contributed by atoms with Crippen LogP contribution in [0.4, 0.5) is 8.78 Å². The minimum atomic E-state index is -0.512. The summed E-state index contributed by atoms with van der Waals surface area (Å²) in [5.74, 6) is -0.953. The molecule has 94 valence electrons. The zero-order chi connectivity index (χ0) is 12.3. The van der Waals surface area contributed by atoms with Crippen molar-refractivity contribution < 1.29 is 8.78 Å². The van der Waals surface area contributed by atoms with Gasteiger partial charge in [0.05, 0.1) is 0 Å². The Hall–Kier alpha value is -0.480. The highest BCUT2D eigenvalue weighted by molar-refractivity contribution is 9.09. The summed E-state index contributed by atoms with van der Waals surface area (Å²) in [6, 6.07) is 4.30. The molecule has 2 rings (SSSR count). The molecule has 0 saturated carbocycles. The minimum absolute atomic E-state index is 0.441. The van der Waals surface area contributed by atoms with Gasteiger partial charge in [-0.3, -0.25) is 4.90 Å². The molecule has 1 atom stereocenters. The molecule has 0 N–H and O–H groups in total. The Morgan fingerprint density at radius 3 is 2.82 bits per heavy atom. The second-order valence-corrected chi connectivity index (χ2v) is 5.16. The summed E-state index contributed by atoms with van der Waals surface area (Å²) in [5, 5.41) is 0.913. The van der Waals surface area contributed by atoms with Crippen molar-refractivity contribution in [2.24, 2.45) is 0 Å². The highest BCUT2D eigenvalue weighted by atomic mass is 79.9. The van der Waals surface area contributed by atoms with Gasteiger partial charge >= 0.3 is 0 Å². The molecule has 1 nitrogen and oxygen atoms in total. The number of likely N-dealkylation sites (tertiary alicyclic amines) is 1. The fourth-order valence-corrected chi connectivity index (χ4v) is 3.04. The Bertz CT molecular complexity index is 384. The minimum Gasteiger partial charge on any atom is -0.295 e. The molecule has 17 heavy (non-hydrogen) atoms. The molecule has 0 amide bonds. The Labute approximate surface area is 109 Å². The van der Waals surface area contributed by atoms with Crippen LogP contribution >= 0.6 is 15.9 Å². The van der Waals surface area contributed by atoms with Gasteiger partial charge in [0, 0.05) is 29.5 Å². The highest BCUT2D eigenvalue weighted by Gasteiger charge is 2.22. The van der Waals surface area contributed by atoms with E-state index < -0.39 is 11.6 Å². The first-order valence-electron chi connectivity index (χ1n) is 5.94. The second-order valence-electron chi connectivity index (χ2n) is 4.51. The summed E-state index contributed by atoms with van der Waals surface area (Å²) in [7, 11) is 0. The molecule has 1 heterocycles. The summed E-state index contributed by atoms with van der Waals surface area (Å²) in [6.45, 7) is 1.56. The van der Waals surface area contributed by atoms with E-state index >= 15 is 0 Å². The number of rotatable bonds is 3. The largest absolute Gasteiger partial charge is 0.295 e. The lowest BCUT2D eigenvalue weighted by Gasteiger charge is -2.34. The van der Waals surface area contributed by atoms with Crippen LogP contribution in [0, 0.1) is 11.6 Å². The average Bonchev–Trinajstić information content (AvgIpc) is 2.33. The van der Waals surface area contributed by atoms with Gasteiger partial charge in [-0.2, -0.15) is 0 Å². The van der Waals surface area contributed by atoms with Crippen molar-refractivity contribution in [3.63, 3.8) is 0 Å². The standard InChI is InChI=1S/C13H16BrF2N/c14-8-12-3-1-2-6-17(12)9-10-4-5-11(15)7-13(10)16/h4-5,7,12H,1-3,6,8-9H2. The monoisotopic (exact) mass is 303 g/mol. The van der Waals surface area contributed by atoms with Crippen LogP contribution in [0.2, 0.25) is 0 Å². The first-order chi connectivity index (χ1) is 8.20. The third-order valence-corrected chi connectivity index (χ3v) is 4.06. The fourth-order valence-electron chi connectivity index (χ4n) is 2.31. The molecule has 1 unspecified atom stereocenters. The molecule has 1 aromatic rings. The zero-order valence-electron chi connectivity index (χ0n) is 9.63. The van der Waals surface area contributed by atoms with E-state index in [9.17, 15) is 8.78 Å². The SMILES string of the molecule is Fc1ccc(CN2CCCCC2CBr)c(F)c1. The van der Waals surface area contributed by atoms with Crippen LogP contribution in [0.3, 0.4) is 0 Å². The lowest BCUT2D eigenvalue weighted by Crippen LogP contribution is -2.40. The number of benzene rings is 1. The Balaban J connectivity index is 2.08. The number of piperidine rings is 1. The van der Waals surface area contributed by atoms with Gasteiger partial charge in [-0.15, -0.1) is 0 Å². The lowest BCUT2D eigenvalue weighted by molar-refractivity contribution is 0.155. The van der Waals surface area contributed by atoms with Crippen LogP contribution in [0.5, 0.6) is 0 Å². The van der Waals surface area contributed by atoms with E-state index in [-0.39, 0.29) is 0 Å². The number of nitrogens with zero attached hydrogens (tertiary/aromatic N) is 1. The summed E-state index contributed by atoms with van der Waals surface area (Å²) < 4.78 is 26.4. The Morgan fingerprint density at radius 2 is 2.12 bits per heavy atom. The number of alkyl halides is 1. The number of hydrogen-bond donors (Lipinski definition) is 0. The smallest absolute Gasteiger partial charge is 0.130 e. The maximum Gasteiger partial charge on any atom is 0.130 e. The van der Waals surface area contributed by atoms with E-state index in [4.69, 9.17) is 0 Å². The first-order valence-corrected chi connectivity index (χ1v) is 7.07. The third-order valence-electron chi connectivity index (χ3n) is 3.32. The van der Waals surface area contributed by atoms with Crippen molar-refractivity contribution in [3.05, 3.63) is 35.4 Å². The van der Waals surface area contributed by atoms with Crippen molar-refractivity contribution in [1.29, 1.82) is 0 Å². The van der Waals surface area contributed by atoms with E-state index in [1.54, 1.807) is 6.07 Å². The molecular weight excluding hydrogens is 288 g/mol. The van der Waals surface area contributed by atoms with Gasteiger partial charge in [-0.25, -0.2) is 8.78 Å². The van der Waals surface area contributed by atoms with E-state index in [1.165, 1.54) is 12.5 Å². The van der Waals surface area contributed by atoms with Crippen molar-refractivity contribution in [2.45, 2.75) is 31.8 Å². The molecular formula is C13H16BrF2N. The summed E-state index contributed by atoms with van der Waals surface area (Å²) in [4.78, 5) is 2.27. The molecule has 4 heteroatoms. The molecule has 0 aliphatic carbocycles. The van der Waals surface area contributed by atoms with E-state index in [0.717, 1.165) is 30.8 Å². The van der Waals surface area contributed by atoms with Crippen molar-refractivity contribution in [2.75, 3.05) is 11.9 Å². The van der Waals surface area contributed by atoms with Crippen molar-refractivity contribution >= 4 is 15.9 Å². The maximum absolute atomic E-state index is 13.6. The zero-order valence-corrected chi connectivity index (χ0v) is 11.2. The molecule has 0 aromatic heterocycles. The molecule has 0 bridgehead atoms. The molecule has 0 radical (unpaired) electrons. The molecule has 1 aliphatic rings. The number of halogens is 3. The quantitative estimate of drug-likeness (QED) is 0.769. The van der Waals surface area contributed by atoms with Gasteiger partial charge in [-0.1, -0.05) is 28.4 Å². The maximum atomic E-state index is 13.6. The van der Waals surface area contributed by atoms with Crippen LogP contribution in [-0.2, 0) is 6.54 Å². The van der Waals surface area contributed by atoms with E-state index in [1.807, 2.05) is 0 Å². The molecule has 1 aliphatic heterocycles. The van der Waals surface area contributed by atoms with Crippen molar-refractivity contribution in [3.8, 4) is 0 Å². The summed E-state index contributed by atoms with van der Waals surface area (Å²) in [6.07, 6.45) is 3.54. The van der Waals surface area contributed by atoms with Crippen LogP contribution in [0.25, 0.3) is 0 Å².